The van der Waals surface area contributed by atoms with Crippen LogP contribution in [-0.2, 0) is 4.79 Å². The molecule has 0 unspecified atom stereocenters. The summed E-state index contributed by atoms with van der Waals surface area (Å²) < 4.78 is 2.76. The number of benzene rings is 1. The molecular formula is C15H14BrN5O. The van der Waals surface area contributed by atoms with E-state index in [0.29, 0.717) is 5.82 Å². The number of anilines is 3. The molecule has 2 aromatic heterocycles. The normalized spacial score (nSPS) is 10.7. The van der Waals surface area contributed by atoms with Crippen molar-refractivity contribution in [3.63, 3.8) is 0 Å². The topological polar surface area (TPSA) is 71.3 Å². The summed E-state index contributed by atoms with van der Waals surface area (Å²) >= 11 is 3.44. The molecule has 0 atom stereocenters. The van der Waals surface area contributed by atoms with Crippen molar-refractivity contribution < 1.29 is 4.79 Å². The first-order chi connectivity index (χ1) is 10.5. The molecule has 3 rings (SSSR count). The van der Waals surface area contributed by atoms with Crippen molar-refractivity contribution in [3.8, 4) is 0 Å². The highest BCUT2D eigenvalue weighted by Gasteiger charge is 2.08. The number of nitrogens with zero attached hydrogens (tertiary/aromatic N) is 3. The van der Waals surface area contributed by atoms with Crippen LogP contribution in [0.2, 0.25) is 0 Å². The number of hydrogen-bond acceptors (Lipinski definition) is 4. The Labute approximate surface area is 135 Å². The van der Waals surface area contributed by atoms with E-state index in [1.54, 1.807) is 12.4 Å². The molecule has 2 heterocycles. The molecule has 0 spiro atoms. The lowest BCUT2D eigenvalue weighted by Crippen LogP contribution is -2.07. The van der Waals surface area contributed by atoms with Gasteiger partial charge in [-0.15, -0.1) is 0 Å². The Balaban J connectivity index is 1.92. The van der Waals surface area contributed by atoms with Gasteiger partial charge in [-0.2, -0.15) is 0 Å². The van der Waals surface area contributed by atoms with Crippen molar-refractivity contribution in [2.24, 2.45) is 0 Å². The third-order valence-electron chi connectivity index (χ3n) is 3.18. The number of hydrogen-bond donors (Lipinski definition) is 2. The molecule has 0 radical (unpaired) electrons. The van der Waals surface area contributed by atoms with Gasteiger partial charge in [0.2, 0.25) is 5.91 Å². The van der Waals surface area contributed by atoms with Gasteiger partial charge in [-0.05, 0) is 46.6 Å². The molecule has 0 aliphatic rings. The summed E-state index contributed by atoms with van der Waals surface area (Å²) in [6.45, 7) is 3.43. The summed E-state index contributed by atoms with van der Waals surface area (Å²) in [5, 5.41) is 6.05. The van der Waals surface area contributed by atoms with E-state index in [2.05, 4.69) is 36.5 Å². The van der Waals surface area contributed by atoms with E-state index in [1.165, 1.54) is 6.92 Å². The van der Waals surface area contributed by atoms with Gasteiger partial charge in [-0.25, -0.2) is 9.97 Å². The number of halogens is 1. The zero-order chi connectivity index (χ0) is 15.7. The van der Waals surface area contributed by atoms with Crippen LogP contribution < -0.4 is 10.6 Å². The molecule has 1 amide bonds. The number of rotatable bonds is 3. The lowest BCUT2D eigenvalue weighted by atomic mass is 10.1. The first kappa shape index (κ1) is 14.5. The Kier molecular flexibility index (Phi) is 3.81. The third-order valence-corrected chi connectivity index (χ3v) is 3.77. The van der Waals surface area contributed by atoms with Crippen LogP contribution in [0.15, 0.2) is 41.4 Å². The fraction of sp³-hybridized carbons (Fsp3) is 0.133. The smallest absolute Gasteiger partial charge is 0.221 e. The Morgan fingerprint density at radius 3 is 2.86 bits per heavy atom. The largest absolute Gasteiger partial charge is 0.337 e. The minimum atomic E-state index is -0.0857. The van der Waals surface area contributed by atoms with Gasteiger partial charge < -0.3 is 10.6 Å². The van der Waals surface area contributed by atoms with E-state index in [4.69, 9.17) is 0 Å². The summed E-state index contributed by atoms with van der Waals surface area (Å²) in [6.07, 6.45) is 5.27. The van der Waals surface area contributed by atoms with Crippen LogP contribution in [0.3, 0.4) is 0 Å². The number of amides is 1. The molecule has 0 saturated carbocycles. The summed E-state index contributed by atoms with van der Waals surface area (Å²) in [5.41, 5.74) is 3.38. The zero-order valence-electron chi connectivity index (χ0n) is 12.1. The van der Waals surface area contributed by atoms with Crippen LogP contribution in [-0.4, -0.2) is 20.3 Å². The van der Waals surface area contributed by atoms with E-state index in [-0.39, 0.29) is 5.91 Å². The Hall–Kier alpha value is -2.41. The number of fused-ring (bicyclic) bond motifs is 1. The molecule has 22 heavy (non-hydrogen) atoms. The third kappa shape index (κ3) is 2.80. The van der Waals surface area contributed by atoms with Crippen molar-refractivity contribution in [3.05, 3.63) is 47.0 Å². The van der Waals surface area contributed by atoms with Crippen molar-refractivity contribution in [2.75, 3.05) is 10.6 Å². The highest BCUT2D eigenvalue weighted by atomic mass is 79.9. The van der Waals surface area contributed by atoms with E-state index >= 15 is 0 Å². The van der Waals surface area contributed by atoms with Crippen LogP contribution in [0, 0.1) is 6.92 Å². The maximum Gasteiger partial charge on any atom is 0.221 e. The number of carbonyl (C=O) groups is 1. The van der Waals surface area contributed by atoms with Gasteiger partial charge in [0, 0.05) is 30.7 Å². The second-order valence-corrected chi connectivity index (χ2v) is 5.70. The molecule has 1 aromatic carbocycles. The van der Waals surface area contributed by atoms with Gasteiger partial charge in [-0.3, -0.25) is 9.20 Å². The Bertz CT molecular complexity index is 858. The first-order valence-electron chi connectivity index (χ1n) is 6.67. The summed E-state index contributed by atoms with van der Waals surface area (Å²) in [7, 11) is 0. The van der Waals surface area contributed by atoms with E-state index < -0.39 is 0 Å². The fourth-order valence-corrected chi connectivity index (χ4v) is 2.57. The molecule has 0 saturated heterocycles. The summed E-state index contributed by atoms with van der Waals surface area (Å²) in [5.74, 6) is 0.581. The lowest BCUT2D eigenvalue weighted by molar-refractivity contribution is -0.114. The van der Waals surface area contributed by atoms with E-state index in [1.807, 2.05) is 35.7 Å². The van der Waals surface area contributed by atoms with Crippen molar-refractivity contribution in [2.45, 2.75) is 13.8 Å². The zero-order valence-corrected chi connectivity index (χ0v) is 13.7. The van der Waals surface area contributed by atoms with Gasteiger partial charge in [0.05, 0.1) is 6.20 Å². The summed E-state index contributed by atoms with van der Waals surface area (Å²) in [4.78, 5) is 19.8. The van der Waals surface area contributed by atoms with Crippen LogP contribution >= 0.6 is 15.9 Å². The first-order valence-corrected chi connectivity index (χ1v) is 7.47. The van der Waals surface area contributed by atoms with E-state index in [9.17, 15) is 4.79 Å². The minimum absolute atomic E-state index is 0.0857. The quantitative estimate of drug-likeness (QED) is 0.750. The predicted octanol–water partition coefficient (Wildman–Crippen LogP) is 3.50. The van der Waals surface area contributed by atoms with Gasteiger partial charge in [-0.1, -0.05) is 0 Å². The van der Waals surface area contributed by atoms with Crippen molar-refractivity contribution in [1.82, 2.24) is 14.4 Å². The molecule has 0 aliphatic heterocycles. The molecule has 0 aliphatic carbocycles. The molecule has 0 fully saturated rings. The number of aromatic nitrogens is 3. The molecular weight excluding hydrogens is 346 g/mol. The second-order valence-electron chi connectivity index (χ2n) is 4.89. The molecule has 112 valence electrons. The Morgan fingerprint density at radius 2 is 2.14 bits per heavy atom. The van der Waals surface area contributed by atoms with Gasteiger partial charge in [0.15, 0.2) is 11.5 Å². The number of nitrogens with one attached hydrogen (secondary N) is 2. The Morgan fingerprint density at radius 1 is 1.32 bits per heavy atom. The highest BCUT2D eigenvalue weighted by Crippen LogP contribution is 2.24. The van der Waals surface area contributed by atoms with Crippen LogP contribution in [0.25, 0.3) is 5.65 Å². The molecule has 0 bridgehead atoms. The lowest BCUT2D eigenvalue weighted by Gasteiger charge is -2.11. The maximum absolute atomic E-state index is 11.1. The van der Waals surface area contributed by atoms with E-state index in [0.717, 1.165) is 27.2 Å². The SMILES string of the molecule is CC(=O)Nc1ccc(Nc2nccn3c(Br)cnc23)cc1C. The minimum Gasteiger partial charge on any atom is -0.337 e. The average Bonchev–Trinajstić information content (AvgIpc) is 2.85. The standard InChI is InChI=1S/C15H14BrN5O/c1-9-7-11(3-4-12(9)19-10(2)22)20-14-15-18-8-13(16)21(15)6-5-17-14/h3-8H,1-2H3,(H,17,20)(H,19,22). The monoisotopic (exact) mass is 359 g/mol. The summed E-state index contributed by atoms with van der Waals surface area (Å²) in [6, 6.07) is 5.70. The van der Waals surface area contributed by atoms with Gasteiger partial charge in [0.25, 0.3) is 0 Å². The van der Waals surface area contributed by atoms with Gasteiger partial charge >= 0.3 is 0 Å². The predicted molar refractivity (Wildman–Crippen MR) is 89.5 cm³/mol. The fourth-order valence-electron chi connectivity index (χ4n) is 2.19. The van der Waals surface area contributed by atoms with Crippen LogP contribution in [0.5, 0.6) is 0 Å². The van der Waals surface area contributed by atoms with Crippen LogP contribution in [0.1, 0.15) is 12.5 Å². The van der Waals surface area contributed by atoms with Crippen molar-refractivity contribution in [1.29, 1.82) is 0 Å². The second kappa shape index (κ2) is 5.76. The molecule has 3 aromatic rings. The number of aryl methyl sites for hydroxylation is 1. The molecule has 7 heteroatoms. The molecule has 6 nitrogen and oxygen atoms in total. The van der Waals surface area contributed by atoms with Crippen LogP contribution in [0.4, 0.5) is 17.2 Å². The molecule has 2 N–H and O–H groups in total. The average molecular weight is 360 g/mol. The highest BCUT2D eigenvalue weighted by molar-refractivity contribution is 9.10. The number of carbonyl (C=O) groups excluding carboxylic acids is 1. The van der Waals surface area contributed by atoms with Gasteiger partial charge in [0.1, 0.15) is 4.60 Å². The van der Waals surface area contributed by atoms with Crippen molar-refractivity contribution >= 4 is 44.7 Å². The number of imidazole rings is 1. The maximum atomic E-state index is 11.1.